The Hall–Kier alpha value is -4.34. The highest BCUT2D eigenvalue weighted by molar-refractivity contribution is 6.03. The SMILES string of the molecule is CCCC/N=C/c1cc(/C=N/CCCC)c(O)c(/C=N/CCCCCCCC/N=C/c2c(O)c(/C=N/CCCC)c(O)c(/C=N/CCCC)c2O)c1. The lowest BCUT2D eigenvalue weighted by atomic mass is 10.0. The number of rotatable bonds is 27. The minimum absolute atomic E-state index is 0.156. The van der Waals surface area contributed by atoms with Gasteiger partial charge in [-0.05, 0) is 56.2 Å². The summed E-state index contributed by atoms with van der Waals surface area (Å²) in [5, 5.41) is 43.6. The predicted octanol–water partition coefficient (Wildman–Crippen LogP) is 9.26. The van der Waals surface area contributed by atoms with Crippen molar-refractivity contribution >= 4 is 37.3 Å². The molecule has 0 heterocycles. The molecular formula is C42H64N6O4. The van der Waals surface area contributed by atoms with E-state index in [1.54, 1.807) is 12.4 Å². The normalized spacial score (nSPS) is 12.5. The molecule has 10 heteroatoms. The highest BCUT2D eigenvalue weighted by Crippen LogP contribution is 2.39. The molecule has 0 radical (unpaired) electrons. The number of phenolic OH excluding ortho intramolecular Hbond substituents is 4. The summed E-state index contributed by atoms with van der Waals surface area (Å²) in [6.07, 6.45) is 23.9. The fourth-order valence-corrected chi connectivity index (χ4v) is 5.19. The molecule has 0 amide bonds. The van der Waals surface area contributed by atoms with Crippen LogP contribution >= 0.6 is 0 Å². The first kappa shape index (κ1) is 43.8. The van der Waals surface area contributed by atoms with Gasteiger partial charge in [-0.1, -0.05) is 79.1 Å². The molecular weight excluding hydrogens is 653 g/mol. The summed E-state index contributed by atoms with van der Waals surface area (Å²) in [6, 6.07) is 3.85. The number of phenols is 4. The van der Waals surface area contributed by atoms with Gasteiger partial charge >= 0.3 is 0 Å². The van der Waals surface area contributed by atoms with Gasteiger partial charge in [0.15, 0.2) is 0 Å². The van der Waals surface area contributed by atoms with Crippen LogP contribution in [0.2, 0.25) is 0 Å². The van der Waals surface area contributed by atoms with Crippen molar-refractivity contribution in [2.75, 3.05) is 39.3 Å². The largest absolute Gasteiger partial charge is 0.507 e. The quantitative estimate of drug-likeness (QED) is 0.0537. The van der Waals surface area contributed by atoms with Crippen molar-refractivity contribution in [1.82, 2.24) is 0 Å². The van der Waals surface area contributed by atoms with E-state index in [9.17, 15) is 20.4 Å². The molecule has 0 aromatic heterocycles. The zero-order chi connectivity index (χ0) is 37.8. The summed E-state index contributed by atoms with van der Waals surface area (Å²) < 4.78 is 0. The van der Waals surface area contributed by atoms with Gasteiger partial charge in [-0.3, -0.25) is 30.0 Å². The van der Waals surface area contributed by atoms with E-state index in [2.05, 4.69) is 57.6 Å². The Morgan fingerprint density at radius 3 is 1.00 bits per heavy atom. The summed E-state index contributed by atoms with van der Waals surface area (Å²) in [5.74, 6) is -0.542. The maximum Gasteiger partial charge on any atom is 0.140 e. The molecule has 0 aliphatic carbocycles. The van der Waals surface area contributed by atoms with Crippen LogP contribution in [0.15, 0.2) is 42.1 Å². The molecule has 0 aliphatic rings. The Labute approximate surface area is 312 Å². The van der Waals surface area contributed by atoms with Gasteiger partial charge in [0, 0.05) is 87.7 Å². The Balaban J connectivity index is 1.89. The average molecular weight is 717 g/mol. The van der Waals surface area contributed by atoms with Gasteiger partial charge in [0.05, 0.1) is 16.7 Å². The van der Waals surface area contributed by atoms with Crippen molar-refractivity contribution in [3.05, 3.63) is 45.5 Å². The van der Waals surface area contributed by atoms with Crippen LogP contribution in [0.3, 0.4) is 0 Å². The van der Waals surface area contributed by atoms with E-state index in [4.69, 9.17) is 0 Å². The third-order valence-corrected chi connectivity index (χ3v) is 8.47. The minimum atomic E-state index is -0.247. The van der Waals surface area contributed by atoms with Crippen LogP contribution in [0.25, 0.3) is 0 Å². The second-order valence-corrected chi connectivity index (χ2v) is 13.1. The summed E-state index contributed by atoms with van der Waals surface area (Å²) in [4.78, 5) is 26.8. The van der Waals surface area contributed by atoms with Gasteiger partial charge in [-0.25, -0.2) is 0 Å². The average Bonchev–Trinajstić information content (AvgIpc) is 3.14. The summed E-state index contributed by atoms with van der Waals surface area (Å²) >= 11 is 0. The van der Waals surface area contributed by atoms with Crippen LogP contribution in [0, 0.1) is 0 Å². The van der Waals surface area contributed by atoms with E-state index in [1.165, 1.54) is 18.6 Å². The number of unbranched alkanes of at least 4 members (excludes halogenated alkanes) is 9. The van der Waals surface area contributed by atoms with Crippen LogP contribution < -0.4 is 0 Å². The van der Waals surface area contributed by atoms with Gasteiger partial charge < -0.3 is 20.4 Å². The van der Waals surface area contributed by atoms with Gasteiger partial charge in [-0.2, -0.15) is 0 Å². The predicted molar refractivity (Wildman–Crippen MR) is 222 cm³/mol. The molecule has 0 fully saturated rings. The van der Waals surface area contributed by atoms with Crippen LogP contribution in [0.5, 0.6) is 23.0 Å². The van der Waals surface area contributed by atoms with Gasteiger partial charge in [-0.15, -0.1) is 0 Å². The fourth-order valence-electron chi connectivity index (χ4n) is 5.19. The number of hydrogen-bond acceptors (Lipinski definition) is 10. The second-order valence-electron chi connectivity index (χ2n) is 13.1. The van der Waals surface area contributed by atoms with Crippen LogP contribution in [0.1, 0.15) is 151 Å². The third kappa shape index (κ3) is 16.3. The van der Waals surface area contributed by atoms with Crippen molar-refractivity contribution in [3.8, 4) is 23.0 Å². The van der Waals surface area contributed by atoms with Crippen molar-refractivity contribution < 1.29 is 20.4 Å². The molecule has 0 unspecified atom stereocenters. The molecule has 10 nitrogen and oxygen atoms in total. The van der Waals surface area contributed by atoms with E-state index in [0.717, 1.165) is 109 Å². The number of aliphatic imine (C=N–C) groups is 6. The van der Waals surface area contributed by atoms with Crippen molar-refractivity contribution in [2.24, 2.45) is 30.0 Å². The van der Waals surface area contributed by atoms with Gasteiger partial charge in [0.2, 0.25) is 0 Å². The van der Waals surface area contributed by atoms with Gasteiger partial charge in [0.25, 0.3) is 0 Å². The molecule has 4 N–H and O–H groups in total. The smallest absolute Gasteiger partial charge is 0.140 e. The Kier molecular flexibility index (Phi) is 23.0. The Bertz CT molecular complexity index is 1450. The maximum absolute atomic E-state index is 10.9. The van der Waals surface area contributed by atoms with Crippen LogP contribution in [-0.2, 0) is 0 Å². The van der Waals surface area contributed by atoms with Crippen molar-refractivity contribution in [1.29, 1.82) is 0 Å². The first-order valence-electron chi connectivity index (χ1n) is 19.6. The van der Waals surface area contributed by atoms with E-state index in [0.29, 0.717) is 37.3 Å². The molecule has 2 rings (SSSR count). The molecule has 2 aromatic carbocycles. The Morgan fingerprint density at radius 2 is 0.654 bits per heavy atom. The van der Waals surface area contributed by atoms with Crippen LogP contribution in [0.4, 0.5) is 0 Å². The highest BCUT2D eigenvalue weighted by Gasteiger charge is 2.21. The number of aromatic hydroxyl groups is 4. The summed E-state index contributed by atoms with van der Waals surface area (Å²) in [7, 11) is 0. The lowest BCUT2D eigenvalue weighted by Crippen LogP contribution is -1.99. The number of benzene rings is 2. The topological polar surface area (TPSA) is 155 Å². The molecule has 0 saturated heterocycles. The first-order valence-corrected chi connectivity index (χ1v) is 19.6. The lowest BCUT2D eigenvalue weighted by molar-refractivity contribution is 0.424. The van der Waals surface area contributed by atoms with Crippen LogP contribution in [-0.4, -0.2) is 97.0 Å². The third-order valence-electron chi connectivity index (χ3n) is 8.47. The molecule has 0 aliphatic heterocycles. The molecule has 0 bridgehead atoms. The van der Waals surface area contributed by atoms with E-state index >= 15 is 0 Å². The van der Waals surface area contributed by atoms with E-state index in [1.807, 2.05) is 18.3 Å². The lowest BCUT2D eigenvalue weighted by Gasteiger charge is -2.12. The monoisotopic (exact) mass is 716 g/mol. The van der Waals surface area contributed by atoms with E-state index < -0.39 is 0 Å². The second kappa shape index (κ2) is 27.3. The molecule has 0 atom stereocenters. The zero-order valence-electron chi connectivity index (χ0n) is 32.2. The molecule has 52 heavy (non-hydrogen) atoms. The van der Waals surface area contributed by atoms with E-state index in [-0.39, 0.29) is 39.7 Å². The maximum atomic E-state index is 10.9. The Morgan fingerprint density at radius 1 is 0.365 bits per heavy atom. The van der Waals surface area contributed by atoms with Crippen molar-refractivity contribution in [2.45, 2.75) is 118 Å². The number of hydrogen-bond donors (Lipinski definition) is 4. The van der Waals surface area contributed by atoms with Crippen molar-refractivity contribution in [3.63, 3.8) is 0 Å². The summed E-state index contributed by atoms with van der Waals surface area (Å²) in [6.45, 7) is 12.4. The highest BCUT2D eigenvalue weighted by atomic mass is 16.3. The molecule has 286 valence electrons. The molecule has 0 spiro atoms. The first-order chi connectivity index (χ1) is 25.4. The summed E-state index contributed by atoms with van der Waals surface area (Å²) in [5.41, 5.74) is 2.77. The molecule has 0 saturated carbocycles. The zero-order valence-corrected chi connectivity index (χ0v) is 32.2. The molecule has 2 aromatic rings. The fraction of sp³-hybridized carbons (Fsp3) is 0.571. The standard InChI is InChI=1S/C42H64N6O4/c1-5-9-19-43-27-33-25-34(28-44-20-10-6-2)39(49)35(26-33)29-45-23-17-15-13-14-16-18-24-48-32-38-41(51)36(30-46-21-11-7-3)40(50)37(42(38)52)31-47-22-12-8-4/h25-32,49-52H,5-24H2,1-4H3/b43-27+,44-28+,45-29+,46-30+,47-31+,48-32+. The number of nitrogens with zero attached hydrogens (tertiary/aromatic N) is 6. The van der Waals surface area contributed by atoms with Gasteiger partial charge in [0.1, 0.15) is 23.0 Å². The minimum Gasteiger partial charge on any atom is -0.507 e.